The third-order valence-electron chi connectivity index (χ3n) is 2.67. The average molecular weight is 321 g/mol. The van der Waals surface area contributed by atoms with Crippen LogP contribution >= 0.6 is 15.9 Å². The first-order chi connectivity index (χ1) is 9.28. The minimum absolute atomic E-state index is 0.752. The van der Waals surface area contributed by atoms with Gasteiger partial charge in [0.15, 0.2) is 0 Å². The highest BCUT2D eigenvalue weighted by Gasteiger charge is 1.99. The zero-order valence-electron chi connectivity index (χ0n) is 10.9. The van der Waals surface area contributed by atoms with Crippen molar-refractivity contribution in [3.05, 3.63) is 52.4 Å². The molecule has 100 valence electrons. The number of nitrogens with zero attached hydrogens (tertiary/aromatic N) is 2. The summed E-state index contributed by atoms with van der Waals surface area (Å²) in [6.07, 6.45) is 2.63. The molecular formula is C14H17BrN4. The summed E-state index contributed by atoms with van der Waals surface area (Å²) in [5, 5.41) is 6.41. The second-order valence-electron chi connectivity index (χ2n) is 4.20. The Morgan fingerprint density at radius 2 is 2.16 bits per heavy atom. The first-order valence-electron chi connectivity index (χ1n) is 6.23. The van der Waals surface area contributed by atoms with E-state index in [1.54, 1.807) is 6.20 Å². The SMILES string of the molecule is CNCCc1nccc(NCc2cccc(Br)c2)n1. The number of likely N-dealkylation sites (N-methyl/N-ethyl adjacent to an activating group) is 1. The molecule has 0 atom stereocenters. The lowest BCUT2D eigenvalue weighted by Crippen LogP contribution is -2.13. The van der Waals surface area contributed by atoms with Crippen LogP contribution in [0, 0.1) is 0 Å². The molecule has 0 amide bonds. The van der Waals surface area contributed by atoms with Gasteiger partial charge in [0, 0.05) is 30.2 Å². The van der Waals surface area contributed by atoms with Gasteiger partial charge >= 0.3 is 0 Å². The highest BCUT2D eigenvalue weighted by Crippen LogP contribution is 2.13. The number of hydrogen-bond acceptors (Lipinski definition) is 4. The fourth-order valence-corrected chi connectivity index (χ4v) is 2.14. The van der Waals surface area contributed by atoms with E-state index in [-0.39, 0.29) is 0 Å². The number of hydrogen-bond donors (Lipinski definition) is 2. The Balaban J connectivity index is 1.95. The summed E-state index contributed by atoms with van der Waals surface area (Å²) < 4.78 is 1.09. The van der Waals surface area contributed by atoms with Crippen LogP contribution in [0.5, 0.6) is 0 Å². The molecule has 0 radical (unpaired) electrons. The summed E-state index contributed by atoms with van der Waals surface area (Å²) in [6.45, 7) is 1.64. The third kappa shape index (κ3) is 4.61. The van der Waals surface area contributed by atoms with Crippen LogP contribution in [0.3, 0.4) is 0 Å². The summed E-state index contributed by atoms with van der Waals surface area (Å²) in [5.74, 6) is 1.72. The van der Waals surface area contributed by atoms with Crippen LogP contribution in [-0.4, -0.2) is 23.6 Å². The van der Waals surface area contributed by atoms with Crippen molar-refractivity contribution in [1.29, 1.82) is 0 Å². The monoisotopic (exact) mass is 320 g/mol. The van der Waals surface area contributed by atoms with Gasteiger partial charge in [0.05, 0.1) is 0 Å². The predicted octanol–water partition coefficient (Wildman–Crippen LogP) is 2.61. The molecule has 0 bridgehead atoms. The molecule has 5 heteroatoms. The molecule has 4 nitrogen and oxygen atoms in total. The second kappa shape index (κ2) is 7.21. The van der Waals surface area contributed by atoms with Gasteiger partial charge in [0.1, 0.15) is 11.6 Å². The topological polar surface area (TPSA) is 49.8 Å². The second-order valence-corrected chi connectivity index (χ2v) is 5.11. The van der Waals surface area contributed by atoms with E-state index in [1.807, 2.05) is 25.2 Å². The molecule has 0 unspecified atom stereocenters. The van der Waals surface area contributed by atoms with Gasteiger partial charge < -0.3 is 10.6 Å². The highest BCUT2D eigenvalue weighted by molar-refractivity contribution is 9.10. The molecule has 1 heterocycles. The standard InChI is InChI=1S/C14H17BrN4/c1-16-7-5-13-17-8-6-14(19-13)18-10-11-3-2-4-12(15)9-11/h2-4,6,8-9,16H,5,7,10H2,1H3,(H,17,18,19). The Bertz CT molecular complexity index is 530. The van der Waals surface area contributed by atoms with Crippen LogP contribution in [0.4, 0.5) is 5.82 Å². The van der Waals surface area contributed by atoms with E-state index < -0.39 is 0 Å². The number of benzene rings is 1. The van der Waals surface area contributed by atoms with Crippen LogP contribution in [0.15, 0.2) is 41.0 Å². The van der Waals surface area contributed by atoms with Gasteiger partial charge in [-0.1, -0.05) is 28.1 Å². The quantitative estimate of drug-likeness (QED) is 0.859. The van der Waals surface area contributed by atoms with Gasteiger partial charge in [-0.15, -0.1) is 0 Å². The zero-order chi connectivity index (χ0) is 13.5. The molecule has 0 spiro atoms. The maximum absolute atomic E-state index is 4.47. The van der Waals surface area contributed by atoms with Crippen LogP contribution in [0.25, 0.3) is 0 Å². The van der Waals surface area contributed by atoms with Crippen molar-refractivity contribution in [2.45, 2.75) is 13.0 Å². The summed E-state index contributed by atoms with van der Waals surface area (Å²) >= 11 is 3.47. The molecule has 2 rings (SSSR count). The number of anilines is 1. The molecule has 1 aromatic carbocycles. The molecule has 0 aliphatic rings. The van der Waals surface area contributed by atoms with E-state index in [2.05, 4.69) is 48.7 Å². The Morgan fingerprint density at radius 3 is 2.95 bits per heavy atom. The lowest BCUT2D eigenvalue weighted by molar-refractivity contribution is 0.755. The van der Waals surface area contributed by atoms with E-state index in [4.69, 9.17) is 0 Å². The average Bonchev–Trinajstić information content (AvgIpc) is 2.43. The molecule has 0 aliphatic heterocycles. The van der Waals surface area contributed by atoms with Crippen LogP contribution < -0.4 is 10.6 Å². The third-order valence-corrected chi connectivity index (χ3v) is 3.16. The van der Waals surface area contributed by atoms with Gasteiger partial charge in [0.25, 0.3) is 0 Å². The van der Waals surface area contributed by atoms with Crippen molar-refractivity contribution >= 4 is 21.7 Å². The molecule has 19 heavy (non-hydrogen) atoms. The van der Waals surface area contributed by atoms with E-state index in [0.717, 1.165) is 35.6 Å². The predicted molar refractivity (Wildman–Crippen MR) is 81.1 cm³/mol. The van der Waals surface area contributed by atoms with Crippen LogP contribution in [0.1, 0.15) is 11.4 Å². The highest BCUT2D eigenvalue weighted by atomic mass is 79.9. The molecule has 0 aliphatic carbocycles. The maximum atomic E-state index is 4.47. The Kier molecular flexibility index (Phi) is 5.30. The van der Waals surface area contributed by atoms with Crippen LogP contribution in [-0.2, 0) is 13.0 Å². The Hall–Kier alpha value is -1.46. The molecule has 0 fully saturated rings. The Labute approximate surface area is 121 Å². The molecule has 2 N–H and O–H groups in total. The minimum atomic E-state index is 0.752. The molecular weight excluding hydrogens is 304 g/mol. The van der Waals surface area contributed by atoms with Gasteiger partial charge in [-0.05, 0) is 30.8 Å². The Morgan fingerprint density at radius 1 is 1.26 bits per heavy atom. The van der Waals surface area contributed by atoms with Crippen molar-refractivity contribution in [2.24, 2.45) is 0 Å². The van der Waals surface area contributed by atoms with Crippen molar-refractivity contribution in [3.8, 4) is 0 Å². The molecule has 0 saturated heterocycles. The summed E-state index contributed by atoms with van der Waals surface area (Å²) in [4.78, 5) is 8.72. The van der Waals surface area contributed by atoms with E-state index in [0.29, 0.717) is 0 Å². The lowest BCUT2D eigenvalue weighted by Gasteiger charge is -2.07. The minimum Gasteiger partial charge on any atom is -0.366 e. The number of nitrogens with one attached hydrogen (secondary N) is 2. The van der Waals surface area contributed by atoms with Crippen molar-refractivity contribution in [2.75, 3.05) is 18.9 Å². The summed E-state index contributed by atoms with van der Waals surface area (Å²) in [5.41, 5.74) is 1.21. The number of aromatic nitrogens is 2. The van der Waals surface area contributed by atoms with E-state index in [9.17, 15) is 0 Å². The van der Waals surface area contributed by atoms with E-state index >= 15 is 0 Å². The summed E-state index contributed by atoms with van der Waals surface area (Å²) in [6, 6.07) is 10.1. The fraction of sp³-hybridized carbons (Fsp3) is 0.286. The first-order valence-corrected chi connectivity index (χ1v) is 7.02. The van der Waals surface area contributed by atoms with Gasteiger partial charge in [-0.3, -0.25) is 0 Å². The van der Waals surface area contributed by atoms with Crippen LogP contribution in [0.2, 0.25) is 0 Å². The largest absolute Gasteiger partial charge is 0.366 e. The number of rotatable bonds is 6. The number of halogens is 1. The smallest absolute Gasteiger partial charge is 0.131 e. The van der Waals surface area contributed by atoms with Gasteiger partial charge in [-0.2, -0.15) is 0 Å². The van der Waals surface area contributed by atoms with Gasteiger partial charge in [-0.25, -0.2) is 9.97 Å². The van der Waals surface area contributed by atoms with Crippen molar-refractivity contribution in [1.82, 2.24) is 15.3 Å². The van der Waals surface area contributed by atoms with Crippen molar-refractivity contribution in [3.63, 3.8) is 0 Å². The first kappa shape index (κ1) is 14.0. The zero-order valence-corrected chi connectivity index (χ0v) is 12.4. The normalized spacial score (nSPS) is 10.4. The lowest BCUT2D eigenvalue weighted by atomic mass is 10.2. The molecule has 0 saturated carbocycles. The maximum Gasteiger partial charge on any atom is 0.131 e. The molecule has 1 aromatic heterocycles. The van der Waals surface area contributed by atoms with E-state index in [1.165, 1.54) is 5.56 Å². The molecule has 2 aromatic rings. The summed E-state index contributed by atoms with van der Waals surface area (Å²) in [7, 11) is 1.93. The fourth-order valence-electron chi connectivity index (χ4n) is 1.69. The van der Waals surface area contributed by atoms with Crippen molar-refractivity contribution < 1.29 is 0 Å². The van der Waals surface area contributed by atoms with Gasteiger partial charge in [0.2, 0.25) is 0 Å².